The summed E-state index contributed by atoms with van der Waals surface area (Å²) in [6, 6.07) is 16.5. The SMILES string of the molecule is O=C(N/N=C/c1ccc(OC(=O)c2ccc(F)cc2)cc1)c1cccc([N+](=O)[O-])c1. The van der Waals surface area contributed by atoms with Crippen LogP contribution in [0.25, 0.3) is 0 Å². The van der Waals surface area contributed by atoms with Crippen molar-refractivity contribution < 1.29 is 23.6 Å². The highest BCUT2D eigenvalue weighted by Crippen LogP contribution is 2.15. The average Bonchev–Trinajstić information content (AvgIpc) is 2.75. The lowest BCUT2D eigenvalue weighted by molar-refractivity contribution is -0.384. The van der Waals surface area contributed by atoms with Crippen LogP contribution >= 0.6 is 0 Å². The molecule has 0 bridgehead atoms. The van der Waals surface area contributed by atoms with Crippen molar-refractivity contribution in [2.75, 3.05) is 0 Å². The van der Waals surface area contributed by atoms with Gasteiger partial charge in [-0.25, -0.2) is 14.6 Å². The second-order valence-electron chi connectivity index (χ2n) is 5.97. The lowest BCUT2D eigenvalue weighted by Crippen LogP contribution is -2.17. The molecule has 30 heavy (non-hydrogen) atoms. The van der Waals surface area contributed by atoms with Crippen LogP contribution in [0.4, 0.5) is 10.1 Å². The minimum atomic E-state index is -0.624. The molecular weight excluding hydrogens is 393 g/mol. The number of esters is 1. The summed E-state index contributed by atoms with van der Waals surface area (Å²) in [4.78, 5) is 34.2. The van der Waals surface area contributed by atoms with Crippen molar-refractivity contribution in [3.05, 3.63) is 105 Å². The standard InChI is InChI=1S/C21H14FN3O5/c22-17-8-6-15(7-9-17)21(27)30-19-10-4-14(5-11-19)13-23-24-20(26)16-2-1-3-18(12-16)25(28)29/h1-13H,(H,24,26)/b23-13+. The highest BCUT2D eigenvalue weighted by atomic mass is 19.1. The first-order valence-electron chi connectivity index (χ1n) is 8.58. The monoisotopic (exact) mass is 407 g/mol. The van der Waals surface area contributed by atoms with Crippen molar-refractivity contribution in [3.8, 4) is 5.75 Å². The first kappa shape index (κ1) is 20.3. The van der Waals surface area contributed by atoms with E-state index in [0.29, 0.717) is 5.56 Å². The minimum absolute atomic E-state index is 0.101. The number of amides is 1. The Morgan fingerprint density at radius 3 is 2.37 bits per heavy atom. The average molecular weight is 407 g/mol. The van der Waals surface area contributed by atoms with Gasteiger partial charge in [0.1, 0.15) is 11.6 Å². The number of hydrazone groups is 1. The number of non-ortho nitro benzene ring substituents is 1. The van der Waals surface area contributed by atoms with Gasteiger partial charge in [0.05, 0.1) is 16.7 Å². The highest BCUT2D eigenvalue weighted by Gasteiger charge is 2.11. The van der Waals surface area contributed by atoms with Crippen LogP contribution in [-0.2, 0) is 0 Å². The Kier molecular flexibility index (Phi) is 6.23. The van der Waals surface area contributed by atoms with E-state index >= 15 is 0 Å². The van der Waals surface area contributed by atoms with Gasteiger partial charge in [0.2, 0.25) is 0 Å². The molecular formula is C21H14FN3O5. The number of benzene rings is 3. The molecule has 3 rings (SSSR count). The molecule has 0 atom stereocenters. The summed E-state index contributed by atoms with van der Waals surface area (Å²) in [7, 11) is 0. The van der Waals surface area contributed by atoms with Crippen LogP contribution in [0.3, 0.4) is 0 Å². The Morgan fingerprint density at radius 2 is 1.70 bits per heavy atom. The molecule has 0 saturated heterocycles. The van der Waals surface area contributed by atoms with Gasteiger partial charge in [-0.05, 0) is 60.2 Å². The summed E-state index contributed by atoms with van der Waals surface area (Å²) < 4.78 is 18.1. The molecule has 3 aromatic rings. The molecule has 0 aromatic heterocycles. The van der Waals surface area contributed by atoms with Crippen molar-refractivity contribution in [1.29, 1.82) is 0 Å². The van der Waals surface area contributed by atoms with Gasteiger partial charge in [-0.1, -0.05) is 6.07 Å². The molecule has 3 aromatic carbocycles. The fourth-order valence-corrected chi connectivity index (χ4v) is 2.36. The second kappa shape index (κ2) is 9.20. The van der Waals surface area contributed by atoms with Gasteiger partial charge in [0.15, 0.2) is 0 Å². The molecule has 0 heterocycles. The number of hydrogen-bond acceptors (Lipinski definition) is 6. The highest BCUT2D eigenvalue weighted by molar-refractivity contribution is 5.95. The van der Waals surface area contributed by atoms with Crippen molar-refractivity contribution >= 4 is 23.8 Å². The summed E-state index contributed by atoms with van der Waals surface area (Å²) in [5.74, 6) is -1.39. The zero-order chi connectivity index (χ0) is 21.5. The largest absolute Gasteiger partial charge is 0.423 e. The van der Waals surface area contributed by atoms with Crippen LogP contribution in [0.15, 0.2) is 77.9 Å². The fraction of sp³-hybridized carbons (Fsp3) is 0. The molecule has 0 unspecified atom stereocenters. The number of carbonyl (C=O) groups excluding carboxylic acids is 2. The van der Waals surface area contributed by atoms with Crippen LogP contribution in [0.5, 0.6) is 5.75 Å². The summed E-state index contributed by atoms with van der Waals surface area (Å²) in [6.07, 6.45) is 1.36. The Morgan fingerprint density at radius 1 is 1.00 bits per heavy atom. The number of nitrogens with zero attached hydrogens (tertiary/aromatic N) is 2. The van der Waals surface area contributed by atoms with E-state index < -0.39 is 22.6 Å². The molecule has 0 spiro atoms. The molecule has 0 aliphatic carbocycles. The van der Waals surface area contributed by atoms with E-state index in [1.54, 1.807) is 12.1 Å². The van der Waals surface area contributed by atoms with Gasteiger partial charge >= 0.3 is 5.97 Å². The van der Waals surface area contributed by atoms with Gasteiger partial charge < -0.3 is 4.74 Å². The first-order chi connectivity index (χ1) is 14.4. The Hall–Kier alpha value is -4.40. The van der Waals surface area contributed by atoms with E-state index in [-0.39, 0.29) is 22.6 Å². The Balaban J connectivity index is 1.57. The predicted octanol–water partition coefficient (Wildman–Crippen LogP) is 3.72. The lowest BCUT2D eigenvalue weighted by atomic mass is 10.2. The molecule has 9 heteroatoms. The third-order valence-corrected chi connectivity index (χ3v) is 3.87. The number of hydrogen-bond donors (Lipinski definition) is 1. The normalized spacial score (nSPS) is 10.6. The lowest BCUT2D eigenvalue weighted by Gasteiger charge is -2.04. The van der Waals surface area contributed by atoms with Crippen LogP contribution in [0, 0.1) is 15.9 Å². The number of nitro groups is 1. The third-order valence-electron chi connectivity index (χ3n) is 3.87. The summed E-state index contributed by atoms with van der Waals surface area (Å²) in [5.41, 5.74) is 3.00. The van der Waals surface area contributed by atoms with Gasteiger partial charge in [-0.15, -0.1) is 0 Å². The molecule has 0 aliphatic rings. The Bertz CT molecular complexity index is 1110. The smallest absolute Gasteiger partial charge is 0.343 e. The maximum atomic E-state index is 12.9. The van der Waals surface area contributed by atoms with E-state index in [1.807, 2.05) is 0 Å². The minimum Gasteiger partial charge on any atom is -0.423 e. The first-order valence-corrected chi connectivity index (χ1v) is 8.58. The van der Waals surface area contributed by atoms with Gasteiger partial charge in [0, 0.05) is 17.7 Å². The van der Waals surface area contributed by atoms with Gasteiger partial charge in [-0.2, -0.15) is 5.10 Å². The summed E-state index contributed by atoms with van der Waals surface area (Å²) in [5, 5.41) is 14.6. The molecule has 1 amide bonds. The molecule has 0 radical (unpaired) electrons. The van der Waals surface area contributed by atoms with Crippen LogP contribution < -0.4 is 10.2 Å². The number of nitro benzene ring substituents is 1. The predicted molar refractivity (Wildman–Crippen MR) is 106 cm³/mol. The number of nitrogens with one attached hydrogen (secondary N) is 1. The van der Waals surface area contributed by atoms with E-state index in [1.165, 1.54) is 48.7 Å². The number of carbonyl (C=O) groups is 2. The number of ether oxygens (including phenoxy) is 1. The topological polar surface area (TPSA) is 111 Å². The van der Waals surface area contributed by atoms with E-state index in [9.17, 15) is 24.1 Å². The van der Waals surface area contributed by atoms with E-state index in [2.05, 4.69) is 10.5 Å². The summed E-state index contributed by atoms with van der Waals surface area (Å²) in [6.45, 7) is 0. The molecule has 1 N–H and O–H groups in total. The zero-order valence-corrected chi connectivity index (χ0v) is 15.3. The van der Waals surface area contributed by atoms with Crippen molar-refractivity contribution in [2.24, 2.45) is 5.10 Å². The molecule has 8 nitrogen and oxygen atoms in total. The zero-order valence-electron chi connectivity index (χ0n) is 15.3. The molecule has 0 saturated carbocycles. The van der Waals surface area contributed by atoms with Crippen molar-refractivity contribution in [2.45, 2.75) is 0 Å². The van der Waals surface area contributed by atoms with E-state index in [4.69, 9.17) is 4.74 Å². The molecule has 0 aliphatic heterocycles. The summed E-state index contributed by atoms with van der Waals surface area (Å²) >= 11 is 0. The van der Waals surface area contributed by atoms with Crippen LogP contribution in [-0.4, -0.2) is 23.0 Å². The van der Waals surface area contributed by atoms with E-state index in [0.717, 1.165) is 18.2 Å². The van der Waals surface area contributed by atoms with Gasteiger partial charge in [-0.3, -0.25) is 14.9 Å². The van der Waals surface area contributed by atoms with Crippen molar-refractivity contribution in [1.82, 2.24) is 5.43 Å². The van der Waals surface area contributed by atoms with Crippen LogP contribution in [0.2, 0.25) is 0 Å². The van der Waals surface area contributed by atoms with Crippen molar-refractivity contribution in [3.63, 3.8) is 0 Å². The molecule has 150 valence electrons. The fourth-order valence-electron chi connectivity index (χ4n) is 2.36. The Labute approximate surface area is 169 Å². The van der Waals surface area contributed by atoms with Gasteiger partial charge in [0.25, 0.3) is 11.6 Å². The third kappa shape index (κ3) is 5.32. The number of halogens is 1. The quantitative estimate of drug-likeness (QED) is 0.220. The number of rotatable bonds is 6. The molecule has 0 fully saturated rings. The second-order valence-corrected chi connectivity index (χ2v) is 5.97. The maximum absolute atomic E-state index is 12.9. The van der Waals surface area contributed by atoms with Crippen LogP contribution in [0.1, 0.15) is 26.3 Å². The maximum Gasteiger partial charge on any atom is 0.343 e.